The molecule has 3 rings (SSSR count). The second kappa shape index (κ2) is 8.37. The Labute approximate surface area is 149 Å². The predicted molar refractivity (Wildman–Crippen MR) is 93.4 cm³/mol. The van der Waals surface area contributed by atoms with E-state index in [2.05, 4.69) is 20.8 Å². The Hall–Kier alpha value is -3.04. The molecule has 9 nitrogen and oxygen atoms in total. The molecule has 0 spiro atoms. The summed E-state index contributed by atoms with van der Waals surface area (Å²) in [6, 6.07) is 10.8. The second-order valence-corrected chi connectivity index (χ2v) is 5.80. The van der Waals surface area contributed by atoms with Crippen LogP contribution < -0.4 is 15.8 Å². The van der Waals surface area contributed by atoms with Crippen molar-refractivity contribution in [2.75, 3.05) is 19.7 Å². The van der Waals surface area contributed by atoms with E-state index in [4.69, 9.17) is 10.5 Å². The minimum atomic E-state index is -0.670. The third-order valence-electron chi connectivity index (χ3n) is 3.79. The lowest BCUT2D eigenvalue weighted by atomic mass is 10.1. The van der Waals surface area contributed by atoms with Crippen molar-refractivity contribution in [2.24, 2.45) is 5.73 Å². The molecule has 26 heavy (non-hydrogen) atoms. The topological polar surface area (TPSA) is 128 Å². The highest BCUT2D eigenvalue weighted by molar-refractivity contribution is 5.76. The van der Waals surface area contributed by atoms with Crippen LogP contribution in [0.15, 0.2) is 42.6 Å². The van der Waals surface area contributed by atoms with E-state index in [1.807, 2.05) is 12.1 Å². The Balaban J connectivity index is 1.39. The summed E-state index contributed by atoms with van der Waals surface area (Å²) in [5.74, 6) is 0.352. The molecule has 9 heteroatoms. The highest BCUT2D eigenvalue weighted by Crippen LogP contribution is 2.13. The summed E-state index contributed by atoms with van der Waals surface area (Å²) in [6.45, 7) is 1.41. The quantitative estimate of drug-likeness (QED) is 0.455. The van der Waals surface area contributed by atoms with Crippen molar-refractivity contribution in [1.82, 2.24) is 25.4 Å². The maximum Gasteiger partial charge on any atom is 0.221 e. The van der Waals surface area contributed by atoms with Gasteiger partial charge in [0.2, 0.25) is 5.91 Å². The predicted octanol–water partition coefficient (Wildman–Crippen LogP) is -0.146. The number of ether oxygens (including phenoxy) is 1. The van der Waals surface area contributed by atoms with Gasteiger partial charge in [-0.15, -0.1) is 5.10 Å². The Bertz CT molecular complexity index is 864. The Kier molecular flexibility index (Phi) is 5.72. The molecule has 0 saturated heterocycles. The van der Waals surface area contributed by atoms with E-state index >= 15 is 0 Å². The summed E-state index contributed by atoms with van der Waals surface area (Å²) in [7, 11) is 0. The van der Waals surface area contributed by atoms with Crippen LogP contribution in [0.4, 0.5) is 0 Å². The number of carbonyl (C=O) groups excluding carboxylic acids is 1. The van der Waals surface area contributed by atoms with Crippen molar-refractivity contribution < 1.29 is 14.6 Å². The first kappa shape index (κ1) is 17.8. The molecule has 0 aliphatic carbocycles. The molecule has 136 valence electrons. The lowest BCUT2D eigenvalue weighted by molar-refractivity contribution is -0.117. The fourth-order valence-electron chi connectivity index (χ4n) is 2.46. The highest BCUT2D eigenvalue weighted by Gasteiger charge is 2.09. The van der Waals surface area contributed by atoms with Crippen LogP contribution in [-0.2, 0) is 11.2 Å². The maximum atomic E-state index is 10.9. The molecule has 0 unspecified atom stereocenters. The number of tetrazole rings is 1. The van der Waals surface area contributed by atoms with E-state index in [1.54, 1.807) is 30.5 Å². The summed E-state index contributed by atoms with van der Waals surface area (Å²) in [5, 5.41) is 24.5. The van der Waals surface area contributed by atoms with E-state index in [0.717, 1.165) is 11.1 Å². The van der Waals surface area contributed by atoms with Gasteiger partial charge in [-0.25, -0.2) is 4.52 Å². The van der Waals surface area contributed by atoms with Crippen molar-refractivity contribution in [3.8, 4) is 5.75 Å². The summed E-state index contributed by atoms with van der Waals surface area (Å²) >= 11 is 0. The van der Waals surface area contributed by atoms with Gasteiger partial charge in [-0.05, 0) is 34.2 Å². The smallest absolute Gasteiger partial charge is 0.221 e. The minimum absolute atomic E-state index is 0.218. The highest BCUT2D eigenvalue weighted by atomic mass is 16.5. The number of aliphatic hydroxyl groups excluding tert-OH is 1. The number of amides is 1. The van der Waals surface area contributed by atoms with Crippen LogP contribution in [0.3, 0.4) is 0 Å². The number of nitrogens with zero attached hydrogens (tertiary/aromatic N) is 4. The Morgan fingerprint density at radius 2 is 2.08 bits per heavy atom. The molecule has 1 aromatic carbocycles. The van der Waals surface area contributed by atoms with Gasteiger partial charge >= 0.3 is 0 Å². The van der Waals surface area contributed by atoms with Crippen molar-refractivity contribution in [3.63, 3.8) is 0 Å². The van der Waals surface area contributed by atoms with E-state index in [9.17, 15) is 9.90 Å². The number of fused-ring (bicyclic) bond motifs is 1. The molecule has 1 atom stereocenters. The van der Waals surface area contributed by atoms with Gasteiger partial charge in [0.05, 0.1) is 12.5 Å². The van der Waals surface area contributed by atoms with Crippen LogP contribution in [-0.4, -0.2) is 50.8 Å². The van der Waals surface area contributed by atoms with Crippen LogP contribution >= 0.6 is 0 Å². The van der Waals surface area contributed by atoms with Crippen LogP contribution in [0.1, 0.15) is 17.2 Å². The number of nitrogens with one attached hydrogen (secondary N) is 1. The van der Waals surface area contributed by atoms with Crippen LogP contribution in [0.25, 0.3) is 5.65 Å². The summed E-state index contributed by atoms with van der Waals surface area (Å²) in [4.78, 5) is 10.9. The molecule has 0 fully saturated rings. The third-order valence-corrected chi connectivity index (χ3v) is 3.79. The van der Waals surface area contributed by atoms with E-state index in [0.29, 0.717) is 31.1 Å². The average Bonchev–Trinajstić information content (AvgIpc) is 3.10. The molecule has 0 bridgehead atoms. The SMILES string of the molecule is NC(=O)Cc1ccc(OCCNC[C@H](O)c2ccc3nnnn3c2)cc1. The third kappa shape index (κ3) is 4.74. The van der Waals surface area contributed by atoms with Crippen molar-refractivity contribution >= 4 is 11.6 Å². The molecule has 0 aliphatic rings. The zero-order valence-electron chi connectivity index (χ0n) is 14.1. The standard InChI is InChI=1S/C17H20N6O3/c18-16(25)9-12-1-4-14(5-2-12)26-8-7-19-10-15(24)13-3-6-17-20-21-22-23(17)11-13/h1-6,11,15,19,24H,7-10H2,(H2,18,25)/t15-/m0/s1. The molecule has 0 radical (unpaired) electrons. The molecule has 2 heterocycles. The first-order chi connectivity index (χ1) is 12.6. The summed E-state index contributed by atoms with van der Waals surface area (Å²) < 4.78 is 7.13. The zero-order valence-corrected chi connectivity index (χ0v) is 14.1. The summed E-state index contributed by atoms with van der Waals surface area (Å²) in [6.07, 6.45) is 1.25. The van der Waals surface area contributed by atoms with E-state index in [1.165, 1.54) is 4.52 Å². The number of rotatable bonds is 9. The van der Waals surface area contributed by atoms with Gasteiger partial charge < -0.3 is 20.9 Å². The fraction of sp³-hybridized carbons (Fsp3) is 0.294. The molecule has 2 aromatic heterocycles. The van der Waals surface area contributed by atoms with Crippen molar-refractivity contribution in [3.05, 3.63) is 53.7 Å². The molecule has 4 N–H and O–H groups in total. The Morgan fingerprint density at radius 1 is 1.27 bits per heavy atom. The first-order valence-corrected chi connectivity index (χ1v) is 8.18. The van der Waals surface area contributed by atoms with Gasteiger partial charge in [-0.1, -0.05) is 18.2 Å². The lowest BCUT2D eigenvalue weighted by Gasteiger charge is -2.13. The van der Waals surface area contributed by atoms with Gasteiger partial charge in [0.1, 0.15) is 12.4 Å². The van der Waals surface area contributed by atoms with E-state index < -0.39 is 6.10 Å². The number of benzene rings is 1. The zero-order chi connectivity index (χ0) is 18.4. The minimum Gasteiger partial charge on any atom is -0.492 e. The number of hydrogen-bond acceptors (Lipinski definition) is 7. The lowest BCUT2D eigenvalue weighted by Crippen LogP contribution is -2.26. The number of hydrogen-bond donors (Lipinski definition) is 3. The number of pyridine rings is 1. The van der Waals surface area contributed by atoms with Crippen LogP contribution in [0, 0.1) is 0 Å². The van der Waals surface area contributed by atoms with Gasteiger partial charge in [0.25, 0.3) is 0 Å². The van der Waals surface area contributed by atoms with Crippen LogP contribution in [0.5, 0.6) is 5.75 Å². The van der Waals surface area contributed by atoms with Gasteiger partial charge in [0, 0.05) is 24.8 Å². The van der Waals surface area contributed by atoms with Gasteiger partial charge in [0.15, 0.2) is 5.65 Å². The molecule has 3 aromatic rings. The molecule has 0 saturated carbocycles. The maximum absolute atomic E-state index is 10.9. The van der Waals surface area contributed by atoms with Crippen molar-refractivity contribution in [2.45, 2.75) is 12.5 Å². The van der Waals surface area contributed by atoms with Crippen LogP contribution in [0.2, 0.25) is 0 Å². The van der Waals surface area contributed by atoms with Crippen molar-refractivity contribution in [1.29, 1.82) is 0 Å². The molecule has 1 amide bonds. The second-order valence-electron chi connectivity index (χ2n) is 5.80. The average molecular weight is 356 g/mol. The number of nitrogens with two attached hydrogens (primary N) is 1. The number of aliphatic hydroxyl groups is 1. The van der Waals surface area contributed by atoms with Gasteiger partial charge in [-0.2, -0.15) is 0 Å². The molecule has 0 aliphatic heterocycles. The molecular weight excluding hydrogens is 336 g/mol. The Morgan fingerprint density at radius 3 is 2.85 bits per heavy atom. The largest absolute Gasteiger partial charge is 0.492 e. The van der Waals surface area contributed by atoms with Gasteiger partial charge in [-0.3, -0.25) is 4.79 Å². The number of carbonyl (C=O) groups is 1. The first-order valence-electron chi connectivity index (χ1n) is 8.18. The fourth-order valence-corrected chi connectivity index (χ4v) is 2.46. The normalized spacial score (nSPS) is 12.2. The molecular formula is C17H20N6O3. The number of aromatic nitrogens is 4. The number of primary amides is 1. The summed E-state index contributed by atoms with van der Waals surface area (Å²) in [5.41, 5.74) is 7.36. The monoisotopic (exact) mass is 356 g/mol. The van der Waals surface area contributed by atoms with E-state index in [-0.39, 0.29) is 12.3 Å².